The summed E-state index contributed by atoms with van der Waals surface area (Å²) in [6, 6.07) is 4.69. The topological polar surface area (TPSA) is 59.7 Å². The summed E-state index contributed by atoms with van der Waals surface area (Å²) >= 11 is 0. The second-order valence-corrected chi connectivity index (χ2v) is 3.54. The number of aliphatic hydroxyl groups is 1. The number of aliphatic hydroxyl groups excluding tert-OH is 1. The van der Waals surface area contributed by atoms with Gasteiger partial charge in [-0.05, 0) is 18.6 Å². The number of hydrogen-bond donors (Lipinski definition) is 1. The van der Waals surface area contributed by atoms with Gasteiger partial charge in [0.1, 0.15) is 17.1 Å². The molecule has 0 saturated carbocycles. The Kier molecular flexibility index (Phi) is 2.66. The number of methoxy groups -OCH3 is 1. The fraction of sp³-hybridized carbons (Fsp3) is 0.250. The van der Waals surface area contributed by atoms with Crippen LogP contribution in [-0.2, 0) is 6.61 Å². The molecule has 0 aliphatic heterocycles. The first-order valence-corrected chi connectivity index (χ1v) is 4.88. The van der Waals surface area contributed by atoms with Gasteiger partial charge in [-0.3, -0.25) is 4.79 Å². The van der Waals surface area contributed by atoms with Crippen LogP contribution in [-0.4, -0.2) is 12.2 Å². The van der Waals surface area contributed by atoms with Crippen LogP contribution < -0.4 is 10.2 Å². The molecule has 4 heteroatoms. The molecule has 1 aromatic carbocycles. The van der Waals surface area contributed by atoms with E-state index in [9.17, 15) is 9.90 Å². The average molecular weight is 220 g/mol. The summed E-state index contributed by atoms with van der Waals surface area (Å²) < 4.78 is 10.5. The van der Waals surface area contributed by atoms with Gasteiger partial charge in [-0.1, -0.05) is 0 Å². The molecule has 0 unspecified atom stereocenters. The van der Waals surface area contributed by atoms with Gasteiger partial charge in [0.2, 0.25) is 0 Å². The molecule has 84 valence electrons. The molecular weight excluding hydrogens is 208 g/mol. The van der Waals surface area contributed by atoms with Crippen molar-refractivity contribution in [3.05, 3.63) is 39.7 Å². The van der Waals surface area contributed by atoms with Crippen molar-refractivity contribution in [2.45, 2.75) is 13.5 Å². The van der Waals surface area contributed by atoms with Crippen molar-refractivity contribution < 1.29 is 14.3 Å². The van der Waals surface area contributed by atoms with Crippen LogP contribution in [0.3, 0.4) is 0 Å². The molecule has 1 aromatic heterocycles. The van der Waals surface area contributed by atoms with Gasteiger partial charge in [-0.15, -0.1) is 0 Å². The SMILES string of the molecule is COc1cc(CO)c2c(=O)cc(C)oc2c1. The maximum Gasteiger partial charge on any atom is 0.193 e. The van der Waals surface area contributed by atoms with E-state index < -0.39 is 0 Å². The van der Waals surface area contributed by atoms with E-state index in [4.69, 9.17) is 9.15 Å². The van der Waals surface area contributed by atoms with Crippen LogP contribution in [0.2, 0.25) is 0 Å². The largest absolute Gasteiger partial charge is 0.497 e. The van der Waals surface area contributed by atoms with Crippen LogP contribution in [0.5, 0.6) is 5.75 Å². The molecule has 2 rings (SSSR count). The van der Waals surface area contributed by atoms with Crippen LogP contribution in [0, 0.1) is 6.92 Å². The summed E-state index contributed by atoms with van der Waals surface area (Å²) in [4.78, 5) is 11.8. The van der Waals surface area contributed by atoms with Gasteiger partial charge in [0.15, 0.2) is 5.43 Å². The van der Waals surface area contributed by atoms with Crippen LogP contribution in [0.15, 0.2) is 27.4 Å². The minimum Gasteiger partial charge on any atom is -0.497 e. The van der Waals surface area contributed by atoms with Gasteiger partial charge in [-0.2, -0.15) is 0 Å². The first-order valence-electron chi connectivity index (χ1n) is 4.88. The van der Waals surface area contributed by atoms with E-state index in [1.54, 1.807) is 19.1 Å². The predicted molar refractivity (Wildman–Crippen MR) is 59.7 cm³/mol. The molecular formula is C12H12O4. The van der Waals surface area contributed by atoms with Gasteiger partial charge in [0.25, 0.3) is 0 Å². The Morgan fingerprint density at radius 1 is 1.38 bits per heavy atom. The zero-order valence-corrected chi connectivity index (χ0v) is 9.11. The summed E-state index contributed by atoms with van der Waals surface area (Å²) in [5.41, 5.74) is 0.807. The summed E-state index contributed by atoms with van der Waals surface area (Å²) in [5.74, 6) is 1.10. The molecule has 0 amide bonds. The lowest BCUT2D eigenvalue weighted by molar-refractivity contribution is 0.282. The van der Waals surface area contributed by atoms with E-state index in [0.717, 1.165) is 0 Å². The molecule has 0 spiro atoms. The number of hydrogen-bond acceptors (Lipinski definition) is 4. The Morgan fingerprint density at radius 3 is 2.75 bits per heavy atom. The van der Waals surface area contributed by atoms with Gasteiger partial charge in [0.05, 0.1) is 19.1 Å². The Bertz CT molecular complexity index is 583. The highest BCUT2D eigenvalue weighted by Crippen LogP contribution is 2.23. The molecule has 2 aromatic rings. The number of rotatable bonds is 2. The van der Waals surface area contributed by atoms with E-state index >= 15 is 0 Å². The van der Waals surface area contributed by atoms with Crippen molar-refractivity contribution in [1.29, 1.82) is 0 Å². The summed E-state index contributed by atoms with van der Waals surface area (Å²) in [7, 11) is 1.52. The van der Waals surface area contributed by atoms with Gasteiger partial charge < -0.3 is 14.3 Å². The number of benzene rings is 1. The quantitative estimate of drug-likeness (QED) is 0.835. The lowest BCUT2D eigenvalue weighted by atomic mass is 10.1. The van der Waals surface area contributed by atoms with Crippen LogP contribution >= 0.6 is 0 Å². The van der Waals surface area contributed by atoms with Crippen molar-refractivity contribution in [2.24, 2.45) is 0 Å². The Hall–Kier alpha value is -1.81. The smallest absolute Gasteiger partial charge is 0.193 e. The third-order valence-corrected chi connectivity index (χ3v) is 2.42. The third kappa shape index (κ3) is 1.67. The fourth-order valence-corrected chi connectivity index (χ4v) is 1.71. The highest BCUT2D eigenvalue weighted by molar-refractivity contribution is 5.82. The highest BCUT2D eigenvalue weighted by Gasteiger charge is 2.09. The van der Waals surface area contributed by atoms with Crippen molar-refractivity contribution in [2.75, 3.05) is 7.11 Å². The Morgan fingerprint density at radius 2 is 2.12 bits per heavy atom. The standard InChI is InChI=1S/C12H12O4/c1-7-3-10(14)12-8(6-13)4-9(15-2)5-11(12)16-7/h3-5,13H,6H2,1-2H3. The van der Waals surface area contributed by atoms with Gasteiger partial charge in [0, 0.05) is 12.1 Å². The Balaban J connectivity index is 2.89. The molecule has 0 fully saturated rings. The van der Waals surface area contributed by atoms with Gasteiger partial charge in [-0.25, -0.2) is 0 Å². The average Bonchev–Trinajstić information content (AvgIpc) is 2.26. The zero-order chi connectivity index (χ0) is 11.7. The maximum atomic E-state index is 11.8. The molecule has 0 radical (unpaired) electrons. The normalized spacial score (nSPS) is 10.7. The molecule has 0 aliphatic rings. The summed E-state index contributed by atoms with van der Waals surface area (Å²) in [6.45, 7) is 1.49. The van der Waals surface area contributed by atoms with E-state index in [2.05, 4.69) is 0 Å². The molecule has 4 nitrogen and oxygen atoms in total. The van der Waals surface area contributed by atoms with Crippen LogP contribution in [0.1, 0.15) is 11.3 Å². The van der Waals surface area contributed by atoms with Crippen molar-refractivity contribution in [3.63, 3.8) is 0 Å². The first-order chi connectivity index (χ1) is 7.65. The van der Waals surface area contributed by atoms with Crippen molar-refractivity contribution in [3.8, 4) is 5.75 Å². The van der Waals surface area contributed by atoms with Crippen molar-refractivity contribution >= 4 is 11.0 Å². The lowest BCUT2D eigenvalue weighted by Gasteiger charge is -2.06. The number of aryl methyl sites for hydroxylation is 1. The van der Waals surface area contributed by atoms with E-state index in [1.807, 2.05) is 0 Å². The summed E-state index contributed by atoms with van der Waals surface area (Å²) in [5, 5.41) is 9.62. The molecule has 0 bridgehead atoms. The van der Waals surface area contributed by atoms with Crippen molar-refractivity contribution in [1.82, 2.24) is 0 Å². The van der Waals surface area contributed by atoms with E-state index in [0.29, 0.717) is 28.0 Å². The first kappa shape index (κ1) is 10.7. The monoisotopic (exact) mass is 220 g/mol. The predicted octanol–water partition coefficient (Wildman–Crippen LogP) is 1.60. The zero-order valence-electron chi connectivity index (χ0n) is 9.11. The highest BCUT2D eigenvalue weighted by atomic mass is 16.5. The minimum atomic E-state index is -0.221. The summed E-state index contributed by atoms with van der Waals surface area (Å²) in [6.07, 6.45) is 0. The van der Waals surface area contributed by atoms with E-state index in [-0.39, 0.29) is 12.0 Å². The molecule has 1 N–H and O–H groups in total. The molecule has 0 aliphatic carbocycles. The molecule has 0 atom stereocenters. The minimum absolute atomic E-state index is 0.148. The molecule has 1 heterocycles. The van der Waals surface area contributed by atoms with Crippen LogP contribution in [0.4, 0.5) is 0 Å². The second-order valence-electron chi connectivity index (χ2n) is 3.54. The fourth-order valence-electron chi connectivity index (χ4n) is 1.71. The second kappa shape index (κ2) is 3.98. The maximum absolute atomic E-state index is 11.8. The lowest BCUT2D eigenvalue weighted by Crippen LogP contribution is -2.04. The van der Waals surface area contributed by atoms with Crippen LogP contribution in [0.25, 0.3) is 11.0 Å². The third-order valence-electron chi connectivity index (χ3n) is 2.42. The molecule has 16 heavy (non-hydrogen) atoms. The molecule has 0 saturated heterocycles. The van der Waals surface area contributed by atoms with E-state index in [1.165, 1.54) is 13.2 Å². The van der Waals surface area contributed by atoms with Gasteiger partial charge >= 0.3 is 0 Å². The Labute approximate surface area is 92.1 Å². The number of fused-ring (bicyclic) bond motifs is 1. The number of ether oxygens (including phenoxy) is 1.